The van der Waals surface area contributed by atoms with Crippen molar-refractivity contribution >= 4 is 17.5 Å². The number of nitrogens with one attached hydrogen (secondary N) is 1. The van der Waals surface area contributed by atoms with Gasteiger partial charge in [0.05, 0.1) is 13.2 Å². The van der Waals surface area contributed by atoms with E-state index in [-0.39, 0.29) is 11.9 Å². The summed E-state index contributed by atoms with van der Waals surface area (Å²) in [6.45, 7) is 2.52. The van der Waals surface area contributed by atoms with Crippen molar-refractivity contribution in [3.63, 3.8) is 0 Å². The zero-order valence-corrected chi connectivity index (χ0v) is 16.6. The van der Waals surface area contributed by atoms with Crippen molar-refractivity contribution in [3.05, 3.63) is 64.2 Å². The fraction of sp³-hybridized carbons (Fsp3) is 0.381. The molecule has 0 aliphatic rings. The van der Waals surface area contributed by atoms with Crippen LogP contribution in [0.5, 0.6) is 5.75 Å². The number of aryl methyl sites for hydroxylation is 2. The third kappa shape index (κ3) is 5.75. The number of halogens is 1. The van der Waals surface area contributed by atoms with Crippen LogP contribution in [0.1, 0.15) is 29.2 Å². The molecule has 4 nitrogen and oxygen atoms in total. The van der Waals surface area contributed by atoms with Crippen LogP contribution in [0.2, 0.25) is 5.02 Å². The summed E-state index contributed by atoms with van der Waals surface area (Å²) in [5.74, 6) is 0.855. The normalized spacial score (nSPS) is 12.1. The Balaban J connectivity index is 1.91. The fourth-order valence-corrected chi connectivity index (χ4v) is 3.00. The smallest absolute Gasteiger partial charge is 0.220 e. The van der Waals surface area contributed by atoms with Gasteiger partial charge in [0.1, 0.15) is 5.75 Å². The van der Waals surface area contributed by atoms with E-state index in [2.05, 4.69) is 10.2 Å². The molecule has 0 heterocycles. The summed E-state index contributed by atoms with van der Waals surface area (Å²) in [7, 11) is 5.66. The molecule has 2 aromatic rings. The highest BCUT2D eigenvalue weighted by Crippen LogP contribution is 2.22. The van der Waals surface area contributed by atoms with Crippen LogP contribution in [-0.2, 0) is 11.2 Å². The van der Waals surface area contributed by atoms with E-state index >= 15 is 0 Å². The number of benzene rings is 2. The topological polar surface area (TPSA) is 41.6 Å². The lowest BCUT2D eigenvalue weighted by Gasteiger charge is -2.25. The summed E-state index contributed by atoms with van der Waals surface area (Å²) in [4.78, 5) is 14.4. The van der Waals surface area contributed by atoms with E-state index in [0.29, 0.717) is 19.4 Å². The van der Waals surface area contributed by atoms with E-state index < -0.39 is 0 Å². The summed E-state index contributed by atoms with van der Waals surface area (Å²) in [5, 5.41) is 3.79. The predicted octanol–water partition coefficient (Wildman–Crippen LogP) is 4.01. The number of ether oxygens (including phenoxy) is 1. The van der Waals surface area contributed by atoms with E-state index in [9.17, 15) is 4.79 Å². The maximum absolute atomic E-state index is 12.3. The zero-order chi connectivity index (χ0) is 19.1. The first-order valence-electron chi connectivity index (χ1n) is 8.73. The molecule has 0 saturated heterocycles. The summed E-state index contributed by atoms with van der Waals surface area (Å²) in [5.41, 5.74) is 3.24. The van der Waals surface area contributed by atoms with Crippen LogP contribution in [-0.4, -0.2) is 38.6 Å². The molecule has 0 bridgehead atoms. The van der Waals surface area contributed by atoms with Crippen LogP contribution in [0.3, 0.4) is 0 Å². The number of carbonyl (C=O) groups is 1. The van der Waals surface area contributed by atoms with Gasteiger partial charge in [-0.1, -0.05) is 35.9 Å². The van der Waals surface area contributed by atoms with Crippen molar-refractivity contribution in [2.45, 2.75) is 25.8 Å². The van der Waals surface area contributed by atoms with Gasteiger partial charge in [-0.05, 0) is 62.3 Å². The third-order valence-corrected chi connectivity index (χ3v) is 4.88. The molecule has 0 spiro atoms. The Morgan fingerprint density at radius 1 is 1.23 bits per heavy atom. The summed E-state index contributed by atoms with van der Waals surface area (Å²) in [6.07, 6.45) is 1.12. The number of hydrogen-bond acceptors (Lipinski definition) is 3. The average Bonchev–Trinajstić information content (AvgIpc) is 2.62. The SMILES string of the molecule is COc1cccc(C(CNC(=O)CCc2ccc(C)c(Cl)c2)N(C)C)c1. The van der Waals surface area contributed by atoms with Crippen molar-refractivity contribution in [1.29, 1.82) is 0 Å². The predicted molar refractivity (Wildman–Crippen MR) is 107 cm³/mol. The van der Waals surface area contributed by atoms with Crippen LogP contribution < -0.4 is 10.1 Å². The summed E-state index contributed by atoms with van der Waals surface area (Å²) < 4.78 is 5.30. The molecular formula is C21H27ClN2O2. The number of carbonyl (C=O) groups excluding carboxylic acids is 1. The first-order valence-corrected chi connectivity index (χ1v) is 9.10. The Hall–Kier alpha value is -2.04. The fourth-order valence-electron chi connectivity index (χ4n) is 2.80. The molecule has 1 amide bonds. The highest BCUT2D eigenvalue weighted by Gasteiger charge is 2.16. The molecule has 0 aliphatic carbocycles. The first-order chi connectivity index (χ1) is 12.4. The number of rotatable bonds is 8. The molecular weight excluding hydrogens is 348 g/mol. The molecule has 5 heteroatoms. The van der Waals surface area contributed by atoms with E-state index in [1.165, 1.54) is 0 Å². The zero-order valence-electron chi connectivity index (χ0n) is 15.9. The van der Waals surface area contributed by atoms with Crippen LogP contribution in [0.25, 0.3) is 0 Å². The van der Waals surface area contributed by atoms with Gasteiger partial charge in [-0.2, -0.15) is 0 Å². The largest absolute Gasteiger partial charge is 0.497 e. The van der Waals surface area contributed by atoms with Gasteiger partial charge < -0.3 is 15.0 Å². The molecule has 0 aliphatic heterocycles. The Kier molecular flexibility index (Phi) is 7.49. The molecule has 2 aromatic carbocycles. The Morgan fingerprint density at radius 2 is 2.00 bits per heavy atom. The molecule has 2 rings (SSSR count). The van der Waals surface area contributed by atoms with Gasteiger partial charge in [0, 0.05) is 18.0 Å². The molecule has 1 atom stereocenters. The van der Waals surface area contributed by atoms with Crippen LogP contribution >= 0.6 is 11.6 Å². The number of amides is 1. The van der Waals surface area contributed by atoms with Gasteiger partial charge in [-0.15, -0.1) is 0 Å². The van der Waals surface area contributed by atoms with Crippen molar-refractivity contribution in [2.24, 2.45) is 0 Å². The van der Waals surface area contributed by atoms with Crippen molar-refractivity contribution in [2.75, 3.05) is 27.7 Å². The lowest BCUT2D eigenvalue weighted by atomic mass is 10.0. The van der Waals surface area contributed by atoms with Gasteiger partial charge >= 0.3 is 0 Å². The molecule has 0 saturated carbocycles. The highest BCUT2D eigenvalue weighted by atomic mass is 35.5. The van der Waals surface area contributed by atoms with Crippen molar-refractivity contribution < 1.29 is 9.53 Å². The summed E-state index contributed by atoms with van der Waals surface area (Å²) in [6, 6.07) is 14.0. The van der Waals surface area contributed by atoms with E-state index in [1.54, 1.807) is 7.11 Å². The maximum Gasteiger partial charge on any atom is 0.220 e. The Bertz CT molecular complexity index is 747. The lowest BCUT2D eigenvalue weighted by molar-refractivity contribution is -0.121. The minimum Gasteiger partial charge on any atom is -0.497 e. The standard InChI is InChI=1S/C21H27ClN2O2/c1-15-8-9-16(12-19(15)22)10-11-21(25)23-14-20(24(2)3)17-6-5-7-18(13-17)26-4/h5-9,12-13,20H,10-11,14H2,1-4H3,(H,23,25). The number of likely N-dealkylation sites (N-methyl/N-ethyl adjacent to an activating group) is 1. The lowest BCUT2D eigenvalue weighted by Crippen LogP contribution is -2.34. The molecule has 0 aromatic heterocycles. The van der Waals surface area contributed by atoms with Crippen molar-refractivity contribution in [1.82, 2.24) is 10.2 Å². The number of methoxy groups -OCH3 is 1. The molecule has 1 unspecified atom stereocenters. The minimum atomic E-state index is 0.0384. The van der Waals surface area contributed by atoms with Crippen LogP contribution in [0, 0.1) is 6.92 Å². The van der Waals surface area contributed by atoms with E-state index in [0.717, 1.165) is 27.5 Å². The molecule has 0 fully saturated rings. The second-order valence-electron chi connectivity index (χ2n) is 6.64. The van der Waals surface area contributed by atoms with Gasteiger partial charge in [0.15, 0.2) is 0 Å². The van der Waals surface area contributed by atoms with Crippen LogP contribution in [0.15, 0.2) is 42.5 Å². The molecule has 140 valence electrons. The molecule has 26 heavy (non-hydrogen) atoms. The first kappa shape index (κ1) is 20.3. The number of nitrogens with zero attached hydrogens (tertiary/aromatic N) is 1. The quantitative estimate of drug-likeness (QED) is 0.759. The van der Waals surface area contributed by atoms with Gasteiger partial charge in [0.25, 0.3) is 0 Å². The van der Waals surface area contributed by atoms with Crippen LogP contribution in [0.4, 0.5) is 0 Å². The highest BCUT2D eigenvalue weighted by molar-refractivity contribution is 6.31. The third-order valence-electron chi connectivity index (χ3n) is 4.47. The monoisotopic (exact) mass is 374 g/mol. The molecule has 0 radical (unpaired) electrons. The van der Waals surface area contributed by atoms with Gasteiger partial charge in [-0.25, -0.2) is 0 Å². The minimum absolute atomic E-state index is 0.0384. The second-order valence-corrected chi connectivity index (χ2v) is 7.05. The Labute approximate surface area is 161 Å². The number of hydrogen-bond donors (Lipinski definition) is 1. The van der Waals surface area contributed by atoms with Gasteiger partial charge in [-0.3, -0.25) is 4.79 Å². The van der Waals surface area contributed by atoms with Crippen molar-refractivity contribution in [3.8, 4) is 5.75 Å². The summed E-state index contributed by atoms with van der Waals surface area (Å²) >= 11 is 6.14. The Morgan fingerprint density at radius 3 is 2.65 bits per heavy atom. The van der Waals surface area contributed by atoms with E-state index in [1.807, 2.05) is 63.5 Å². The van der Waals surface area contributed by atoms with Gasteiger partial charge in [0.2, 0.25) is 5.91 Å². The molecule has 1 N–H and O–H groups in total. The van der Waals surface area contributed by atoms with E-state index in [4.69, 9.17) is 16.3 Å². The second kappa shape index (κ2) is 9.60. The average molecular weight is 375 g/mol. The maximum atomic E-state index is 12.3.